The largest absolute Gasteiger partial charge is 0.416 e. The molecule has 1 fully saturated rings. The summed E-state index contributed by atoms with van der Waals surface area (Å²) < 4.78 is 47.9. The molecule has 1 N–H and O–H groups in total. The molecule has 2 unspecified atom stereocenters. The fourth-order valence-electron chi connectivity index (χ4n) is 4.32. The maximum Gasteiger partial charge on any atom is 0.416 e. The molecule has 0 saturated carbocycles. The van der Waals surface area contributed by atoms with Gasteiger partial charge in [0, 0.05) is 29.9 Å². The third kappa shape index (κ3) is 6.16. The van der Waals surface area contributed by atoms with E-state index >= 15 is 0 Å². The van der Waals surface area contributed by atoms with Crippen LogP contribution in [0, 0.1) is 0 Å². The van der Waals surface area contributed by atoms with Crippen molar-refractivity contribution < 1.29 is 27.8 Å². The van der Waals surface area contributed by atoms with E-state index in [-0.39, 0.29) is 35.9 Å². The number of hydrogen-bond acceptors (Lipinski definition) is 8. The number of benzene rings is 1. The summed E-state index contributed by atoms with van der Waals surface area (Å²) in [5.74, 6) is -0.314. The molecule has 1 amide bonds. The summed E-state index contributed by atoms with van der Waals surface area (Å²) in [6, 6.07) is 9.26. The molecule has 0 radical (unpaired) electrons. The van der Waals surface area contributed by atoms with Crippen LogP contribution in [0.4, 0.5) is 13.2 Å². The van der Waals surface area contributed by atoms with Crippen molar-refractivity contribution in [2.24, 2.45) is 0 Å². The summed E-state index contributed by atoms with van der Waals surface area (Å²) in [5.41, 5.74) is -0.101. The number of pyridine rings is 1. The Balaban J connectivity index is 1.45. The first kappa shape index (κ1) is 28.4. The molecule has 1 aliphatic heterocycles. The van der Waals surface area contributed by atoms with Crippen molar-refractivity contribution in [3.8, 4) is 17.1 Å². The molecular weight excluding hydrogens is 569 g/mol. The normalized spacial score (nSPS) is 16.6. The highest BCUT2D eigenvalue weighted by atomic mass is 35.5. The smallest absolute Gasteiger partial charge is 0.382 e. The zero-order valence-corrected chi connectivity index (χ0v) is 22.3. The second kappa shape index (κ2) is 11.4. The monoisotopic (exact) mass is 592 g/mol. The number of carbonyl (C=O) groups is 1. The summed E-state index contributed by atoms with van der Waals surface area (Å²) in [6.45, 7) is 1.72. The molecule has 1 aromatic carbocycles. The van der Waals surface area contributed by atoms with Crippen LogP contribution in [0.5, 0.6) is 0 Å². The zero-order valence-electron chi connectivity index (χ0n) is 21.6. The Labute approximate surface area is 235 Å². The van der Waals surface area contributed by atoms with E-state index in [1.54, 1.807) is 17.0 Å². The number of aromatic nitrogens is 7. The summed E-state index contributed by atoms with van der Waals surface area (Å²) in [5, 5.41) is 18.6. The van der Waals surface area contributed by atoms with Gasteiger partial charge in [-0.3, -0.25) is 9.36 Å². The van der Waals surface area contributed by atoms with Gasteiger partial charge >= 0.3 is 11.9 Å². The van der Waals surface area contributed by atoms with E-state index in [9.17, 15) is 27.9 Å². The molecule has 4 heterocycles. The summed E-state index contributed by atoms with van der Waals surface area (Å²) >= 11 is 5.93. The molecule has 12 nitrogen and oxygen atoms in total. The quantitative estimate of drug-likeness (QED) is 0.345. The molecule has 5 rings (SSSR count). The minimum absolute atomic E-state index is 0.0954. The number of hydrogen-bond donors (Lipinski definition) is 1. The maximum absolute atomic E-state index is 13.2. The van der Waals surface area contributed by atoms with Crippen molar-refractivity contribution in [3.05, 3.63) is 75.9 Å². The molecule has 41 heavy (non-hydrogen) atoms. The van der Waals surface area contributed by atoms with Crippen LogP contribution in [-0.4, -0.2) is 88.1 Å². The van der Waals surface area contributed by atoms with Gasteiger partial charge in [0.1, 0.15) is 12.9 Å². The van der Waals surface area contributed by atoms with Crippen LogP contribution in [0.1, 0.15) is 23.2 Å². The lowest BCUT2D eigenvalue weighted by Crippen LogP contribution is -2.45. The van der Waals surface area contributed by atoms with Crippen LogP contribution in [0.25, 0.3) is 17.1 Å². The van der Waals surface area contributed by atoms with Crippen molar-refractivity contribution in [3.63, 3.8) is 0 Å². The minimum atomic E-state index is -4.95. The van der Waals surface area contributed by atoms with E-state index in [0.717, 1.165) is 9.25 Å². The van der Waals surface area contributed by atoms with Gasteiger partial charge in [0.2, 0.25) is 0 Å². The molecule has 1 saturated heterocycles. The van der Waals surface area contributed by atoms with Crippen molar-refractivity contribution in [2.75, 3.05) is 19.7 Å². The van der Waals surface area contributed by atoms with Gasteiger partial charge in [0.05, 0.1) is 24.9 Å². The van der Waals surface area contributed by atoms with E-state index in [0.29, 0.717) is 36.0 Å². The zero-order chi connectivity index (χ0) is 29.3. The lowest BCUT2D eigenvalue weighted by atomic mass is 10.2. The van der Waals surface area contributed by atoms with E-state index in [2.05, 4.69) is 20.2 Å². The minimum Gasteiger partial charge on any atom is -0.382 e. The van der Waals surface area contributed by atoms with Gasteiger partial charge in [0.25, 0.3) is 5.91 Å². The van der Waals surface area contributed by atoms with Crippen molar-refractivity contribution in [1.82, 2.24) is 39.0 Å². The molecule has 0 spiro atoms. The second-order valence-electron chi connectivity index (χ2n) is 9.35. The van der Waals surface area contributed by atoms with Crippen LogP contribution in [0.2, 0.25) is 5.02 Å². The molecule has 4 aromatic rings. The predicted molar refractivity (Wildman–Crippen MR) is 139 cm³/mol. The Bertz CT molecular complexity index is 1600. The van der Waals surface area contributed by atoms with Gasteiger partial charge in [0.15, 0.2) is 23.4 Å². The van der Waals surface area contributed by atoms with E-state index in [1.165, 1.54) is 41.5 Å². The summed E-state index contributed by atoms with van der Waals surface area (Å²) in [6.07, 6.45) is -5.04. The average Bonchev–Trinajstić information content (AvgIpc) is 3.53. The third-order valence-corrected chi connectivity index (χ3v) is 6.61. The van der Waals surface area contributed by atoms with Crippen LogP contribution < -0.4 is 5.69 Å². The van der Waals surface area contributed by atoms with Crippen LogP contribution in [0.3, 0.4) is 0 Å². The van der Waals surface area contributed by atoms with Gasteiger partial charge in [-0.2, -0.15) is 13.2 Å². The molecule has 1 aliphatic rings. The van der Waals surface area contributed by atoms with Crippen molar-refractivity contribution in [1.29, 1.82) is 0 Å². The number of carbonyl (C=O) groups excluding carboxylic acids is 1. The Morgan fingerprint density at radius 1 is 1.20 bits per heavy atom. The number of halogens is 4. The molecule has 2 atom stereocenters. The lowest BCUT2D eigenvalue weighted by Gasteiger charge is -2.31. The maximum atomic E-state index is 13.2. The second-order valence-corrected chi connectivity index (χ2v) is 9.78. The standard InChI is InChI=1S/C25H24ClF3N8O4/c1-15-11-34(9-10-41-15)23(39)21-18(3-2-8-30-21)37-14-31-20(32-37)13-36-24(40)35(12-19(38)25(27,28)29)22(33-36)16-4-6-17(26)7-5-16/h2-8,14-15,19,38H,9-13H2,1H3. The number of morpholine rings is 1. The number of alkyl halides is 3. The van der Waals surface area contributed by atoms with Crippen LogP contribution >= 0.6 is 11.6 Å². The predicted octanol–water partition coefficient (Wildman–Crippen LogP) is 2.17. The molecule has 3 aromatic heterocycles. The highest BCUT2D eigenvalue weighted by Crippen LogP contribution is 2.24. The highest BCUT2D eigenvalue weighted by Gasteiger charge is 2.39. The molecule has 0 bridgehead atoms. The van der Waals surface area contributed by atoms with Crippen LogP contribution in [0.15, 0.2) is 53.7 Å². The Morgan fingerprint density at radius 2 is 1.95 bits per heavy atom. The fourth-order valence-corrected chi connectivity index (χ4v) is 4.44. The van der Waals surface area contributed by atoms with Gasteiger partial charge in [-0.15, -0.1) is 10.2 Å². The molecule has 216 valence electrons. The summed E-state index contributed by atoms with van der Waals surface area (Å²) in [7, 11) is 0. The topological polar surface area (TPSA) is 133 Å². The van der Waals surface area contributed by atoms with E-state index in [1.807, 2.05) is 6.92 Å². The Kier molecular flexibility index (Phi) is 7.93. The number of amides is 1. The average molecular weight is 593 g/mol. The number of rotatable bonds is 7. The Hall–Kier alpha value is -4.08. The number of ether oxygens (including phenoxy) is 1. The summed E-state index contributed by atoms with van der Waals surface area (Å²) in [4.78, 5) is 36.4. The highest BCUT2D eigenvalue weighted by molar-refractivity contribution is 6.30. The number of aliphatic hydroxyl groups is 1. The van der Waals surface area contributed by atoms with Gasteiger partial charge in [-0.1, -0.05) is 11.6 Å². The number of aliphatic hydroxyl groups excluding tert-OH is 1. The molecular formula is C25H24ClF3N8O4. The van der Waals surface area contributed by atoms with Gasteiger partial charge < -0.3 is 14.7 Å². The van der Waals surface area contributed by atoms with Crippen molar-refractivity contribution >= 4 is 17.5 Å². The van der Waals surface area contributed by atoms with Crippen molar-refractivity contribution in [2.45, 2.75) is 38.4 Å². The molecule has 16 heteroatoms. The van der Waals surface area contributed by atoms with E-state index in [4.69, 9.17) is 16.3 Å². The SMILES string of the molecule is CC1CN(C(=O)c2ncccc2-n2cnc(Cn3nc(-c4ccc(Cl)cc4)n(CC(O)C(F)(F)F)c3=O)n2)CCO1. The first-order valence-electron chi connectivity index (χ1n) is 12.5. The molecule has 0 aliphatic carbocycles. The fraction of sp³-hybridized carbons (Fsp3) is 0.360. The van der Waals surface area contributed by atoms with E-state index < -0.39 is 24.5 Å². The van der Waals surface area contributed by atoms with Gasteiger partial charge in [-0.25, -0.2) is 24.1 Å². The third-order valence-electron chi connectivity index (χ3n) is 6.35. The number of nitrogens with zero attached hydrogens (tertiary/aromatic N) is 8. The first-order valence-corrected chi connectivity index (χ1v) is 12.8. The Morgan fingerprint density at radius 3 is 2.66 bits per heavy atom. The van der Waals surface area contributed by atoms with Gasteiger partial charge in [-0.05, 0) is 43.3 Å². The lowest BCUT2D eigenvalue weighted by molar-refractivity contribution is -0.207. The van der Waals surface area contributed by atoms with Crippen LogP contribution in [-0.2, 0) is 17.8 Å². The first-order chi connectivity index (χ1) is 19.5.